The maximum absolute atomic E-state index is 11.8. The Kier molecular flexibility index (Phi) is 4.76. The second kappa shape index (κ2) is 5.89. The lowest BCUT2D eigenvalue weighted by Crippen LogP contribution is -2.16. The lowest BCUT2D eigenvalue weighted by molar-refractivity contribution is -0.133. The first-order valence-corrected chi connectivity index (χ1v) is 5.75. The number of carbonyl (C=O) groups is 2. The molecule has 0 atom stereocenters. The smallest absolute Gasteiger partial charge is 0.331 e. The zero-order chi connectivity index (χ0) is 13.9. The number of halogens is 2. The van der Waals surface area contributed by atoms with E-state index in [1.807, 2.05) is 0 Å². The minimum absolute atomic E-state index is 0.0161. The van der Waals surface area contributed by atoms with Crippen molar-refractivity contribution >= 4 is 40.8 Å². The van der Waals surface area contributed by atoms with Crippen LogP contribution in [0.25, 0.3) is 0 Å². The highest BCUT2D eigenvalue weighted by atomic mass is 35.5. The van der Waals surface area contributed by atoms with Crippen molar-refractivity contribution in [2.45, 2.75) is 13.8 Å². The molecule has 0 unspecified atom stereocenters. The first-order valence-electron chi connectivity index (χ1n) is 5.00. The van der Waals surface area contributed by atoms with E-state index in [4.69, 9.17) is 28.3 Å². The van der Waals surface area contributed by atoms with Crippen LogP contribution in [-0.4, -0.2) is 17.0 Å². The van der Waals surface area contributed by atoms with Gasteiger partial charge in [0.05, 0.1) is 10.7 Å². The third kappa shape index (κ3) is 3.48. The first kappa shape index (κ1) is 14.5. The Morgan fingerprint density at radius 3 is 2.28 bits per heavy atom. The average molecular weight is 288 g/mol. The molecule has 1 aromatic carbocycles. The summed E-state index contributed by atoms with van der Waals surface area (Å²) in [5.41, 5.74) is 0.481. The Morgan fingerprint density at radius 1 is 1.17 bits per heavy atom. The molecule has 1 aromatic rings. The number of carboxylic acids is 1. The van der Waals surface area contributed by atoms with Crippen molar-refractivity contribution < 1.29 is 14.7 Å². The number of amides is 1. The van der Waals surface area contributed by atoms with E-state index in [-0.39, 0.29) is 16.2 Å². The number of hydrogen-bond acceptors (Lipinski definition) is 2. The summed E-state index contributed by atoms with van der Waals surface area (Å²) in [6.07, 6.45) is 0. The Morgan fingerprint density at radius 2 is 1.78 bits per heavy atom. The quantitative estimate of drug-likeness (QED) is 0.838. The Bertz CT molecular complexity index is 538. The van der Waals surface area contributed by atoms with E-state index in [0.29, 0.717) is 10.7 Å². The number of benzene rings is 1. The second-order valence-electron chi connectivity index (χ2n) is 3.63. The molecule has 0 spiro atoms. The number of carboxylic acid groups (broad SMARTS) is 1. The molecule has 1 amide bonds. The Labute approximate surface area is 114 Å². The fraction of sp³-hybridized carbons (Fsp3) is 0.167. The fourth-order valence-electron chi connectivity index (χ4n) is 1.14. The zero-order valence-electron chi connectivity index (χ0n) is 9.75. The molecule has 2 N–H and O–H groups in total. The van der Waals surface area contributed by atoms with Crippen LogP contribution in [-0.2, 0) is 9.59 Å². The van der Waals surface area contributed by atoms with Gasteiger partial charge < -0.3 is 10.4 Å². The van der Waals surface area contributed by atoms with Gasteiger partial charge in [-0.2, -0.15) is 0 Å². The number of aliphatic carboxylic acids is 1. The topological polar surface area (TPSA) is 66.4 Å². The summed E-state index contributed by atoms with van der Waals surface area (Å²) in [5.74, 6) is -1.65. The van der Waals surface area contributed by atoms with Crippen molar-refractivity contribution in [3.05, 3.63) is 39.4 Å². The molecule has 1 rings (SSSR count). The predicted molar refractivity (Wildman–Crippen MR) is 71.1 cm³/mol. The van der Waals surface area contributed by atoms with E-state index in [9.17, 15) is 9.59 Å². The van der Waals surface area contributed by atoms with Crippen LogP contribution >= 0.6 is 23.2 Å². The predicted octanol–water partition coefficient (Wildman–Crippen LogP) is 3.35. The van der Waals surface area contributed by atoms with E-state index in [1.165, 1.54) is 19.9 Å². The standard InChI is InChI=1S/C12H11Cl2NO3/c1-6(7(2)12(17)18)11(16)15-10-4-3-8(13)5-9(10)14/h3-5H,1-2H3,(H,15,16)(H,17,18)/b7-6-. The maximum Gasteiger partial charge on any atom is 0.331 e. The van der Waals surface area contributed by atoms with Crippen molar-refractivity contribution in [1.82, 2.24) is 0 Å². The lowest BCUT2D eigenvalue weighted by Gasteiger charge is -2.08. The van der Waals surface area contributed by atoms with Gasteiger partial charge >= 0.3 is 5.97 Å². The molecule has 0 saturated carbocycles. The Hall–Kier alpha value is -1.52. The normalized spacial score (nSPS) is 11.8. The highest BCUT2D eigenvalue weighted by Gasteiger charge is 2.13. The molecular weight excluding hydrogens is 277 g/mol. The number of nitrogens with one attached hydrogen (secondary N) is 1. The summed E-state index contributed by atoms with van der Waals surface area (Å²) >= 11 is 11.6. The van der Waals surface area contributed by atoms with E-state index >= 15 is 0 Å². The van der Waals surface area contributed by atoms with E-state index in [0.717, 1.165) is 0 Å². The van der Waals surface area contributed by atoms with Gasteiger partial charge in [-0.05, 0) is 32.0 Å². The summed E-state index contributed by atoms with van der Waals surface area (Å²) in [7, 11) is 0. The van der Waals surface area contributed by atoms with Crippen LogP contribution in [0.4, 0.5) is 5.69 Å². The molecular formula is C12H11Cl2NO3. The number of carbonyl (C=O) groups excluding carboxylic acids is 1. The summed E-state index contributed by atoms with van der Waals surface area (Å²) < 4.78 is 0. The number of hydrogen-bond donors (Lipinski definition) is 2. The maximum atomic E-state index is 11.8. The third-order valence-corrected chi connectivity index (χ3v) is 2.95. The van der Waals surface area contributed by atoms with Crippen LogP contribution in [0.1, 0.15) is 13.8 Å². The molecule has 0 radical (unpaired) electrons. The van der Waals surface area contributed by atoms with Crippen molar-refractivity contribution in [3.8, 4) is 0 Å². The number of rotatable bonds is 3. The van der Waals surface area contributed by atoms with Gasteiger partial charge in [-0.1, -0.05) is 23.2 Å². The summed E-state index contributed by atoms with van der Waals surface area (Å²) in [6.45, 7) is 2.79. The molecule has 0 aromatic heterocycles. The van der Waals surface area contributed by atoms with Gasteiger partial charge in [0.25, 0.3) is 5.91 Å². The van der Waals surface area contributed by atoms with Crippen molar-refractivity contribution in [2.24, 2.45) is 0 Å². The minimum atomic E-state index is -1.13. The fourth-order valence-corrected chi connectivity index (χ4v) is 1.59. The molecule has 4 nitrogen and oxygen atoms in total. The monoisotopic (exact) mass is 287 g/mol. The van der Waals surface area contributed by atoms with Gasteiger partial charge in [-0.15, -0.1) is 0 Å². The first-order chi connectivity index (χ1) is 8.32. The molecule has 0 aliphatic heterocycles. The average Bonchev–Trinajstić information content (AvgIpc) is 2.30. The van der Waals surface area contributed by atoms with E-state index in [2.05, 4.69) is 5.32 Å². The van der Waals surface area contributed by atoms with Crippen LogP contribution in [0.3, 0.4) is 0 Å². The van der Waals surface area contributed by atoms with Crippen LogP contribution in [0, 0.1) is 0 Å². The number of anilines is 1. The van der Waals surface area contributed by atoms with Gasteiger partial charge in [-0.25, -0.2) is 4.79 Å². The Balaban J connectivity index is 2.95. The molecule has 0 aliphatic rings. The van der Waals surface area contributed by atoms with Crippen molar-refractivity contribution in [3.63, 3.8) is 0 Å². The van der Waals surface area contributed by atoms with Gasteiger partial charge in [0.2, 0.25) is 0 Å². The SMILES string of the molecule is C/C(C(=O)O)=C(\C)C(=O)Nc1ccc(Cl)cc1Cl. The highest BCUT2D eigenvalue weighted by Crippen LogP contribution is 2.25. The van der Waals surface area contributed by atoms with Crippen LogP contribution in [0.2, 0.25) is 10.0 Å². The molecule has 0 aliphatic carbocycles. The summed E-state index contributed by atoms with van der Waals surface area (Å²) in [4.78, 5) is 22.5. The van der Waals surface area contributed by atoms with Crippen LogP contribution in [0.5, 0.6) is 0 Å². The molecule has 0 heterocycles. The lowest BCUT2D eigenvalue weighted by atomic mass is 10.1. The molecule has 0 saturated heterocycles. The van der Waals surface area contributed by atoms with Crippen LogP contribution < -0.4 is 5.32 Å². The molecule has 0 fully saturated rings. The van der Waals surface area contributed by atoms with Gasteiger partial charge in [0, 0.05) is 16.2 Å². The summed E-state index contributed by atoms with van der Waals surface area (Å²) in [5, 5.41) is 12.0. The second-order valence-corrected chi connectivity index (χ2v) is 4.48. The molecule has 18 heavy (non-hydrogen) atoms. The van der Waals surface area contributed by atoms with Gasteiger partial charge in [0.15, 0.2) is 0 Å². The minimum Gasteiger partial charge on any atom is -0.478 e. The van der Waals surface area contributed by atoms with Crippen LogP contribution in [0.15, 0.2) is 29.3 Å². The molecule has 0 bridgehead atoms. The van der Waals surface area contributed by atoms with Crippen molar-refractivity contribution in [1.29, 1.82) is 0 Å². The summed E-state index contributed by atoms with van der Waals surface area (Å²) in [6, 6.07) is 4.61. The zero-order valence-corrected chi connectivity index (χ0v) is 11.3. The molecule has 6 heteroatoms. The van der Waals surface area contributed by atoms with Crippen molar-refractivity contribution in [2.75, 3.05) is 5.32 Å². The van der Waals surface area contributed by atoms with Gasteiger partial charge in [0.1, 0.15) is 0 Å². The largest absolute Gasteiger partial charge is 0.478 e. The third-order valence-electron chi connectivity index (χ3n) is 2.40. The van der Waals surface area contributed by atoms with Gasteiger partial charge in [-0.3, -0.25) is 4.79 Å². The highest BCUT2D eigenvalue weighted by molar-refractivity contribution is 6.36. The molecule has 96 valence electrons. The van der Waals surface area contributed by atoms with E-state index in [1.54, 1.807) is 12.1 Å². The van der Waals surface area contributed by atoms with E-state index < -0.39 is 11.9 Å².